The minimum Gasteiger partial charge on any atom is -0.496 e. The van der Waals surface area contributed by atoms with Crippen molar-refractivity contribution in [2.24, 2.45) is 0 Å². The van der Waals surface area contributed by atoms with Gasteiger partial charge in [-0.25, -0.2) is 4.79 Å². The summed E-state index contributed by atoms with van der Waals surface area (Å²) >= 11 is 0. The number of methoxy groups -OCH3 is 2. The standard InChI is InChI=1S/C15H18N2O5/c1-15(8-10-6-4-5-7-11(10)21-2)13(19)17(14(20)16-15)9-12(18)22-3/h4-7H,8-9H2,1-3H3,(H,16,20)/t15-/m1/s1. The largest absolute Gasteiger partial charge is 0.496 e. The number of amides is 3. The van der Waals surface area contributed by atoms with E-state index >= 15 is 0 Å². The summed E-state index contributed by atoms with van der Waals surface area (Å²) in [5, 5.41) is 2.63. The van der Waals surface area contributed by atoms with Gasteiger partial charge in [-0.15, -0.1) is 0 Å². The van der Waals surface area contributed by atoms with Crippen LogP contribution in [0.3, 0.4) is 0 Å². The van der Waals surface area contributed by atoms with Gasteiger partial charge in [-0.2, -0.15) is 0 Å². The van der Waals surface area contributed by atoms with Crippen molar-refractivity contribution in [1.29, 1.82) is 0 Å². The van der Waals surface area contributed by atoms with Gasteiger partial charge in [0.05, 0.1) is 14.2 Å². The molecule has 1 aliphatic heterocycles. The number of nitrogens with one attached hydrogen (secondary N) is 1. The predicted molar refractivity (Wildman–Crippen MR) is 77.4 cm³/mol. The van der Waals surface area contributed by atoms with Crippen molar-refractivity contribution in [3.8, 4) is 5.75 Å². The van der Waals surface area contributed by atoms with Crippen molar-refractivity contribution in [1.82, 2.24) is 10.2 Å². The van der Waals surface area contributed by atoms with Crippen molar-refractivity contribution in [3.05, 3.63) is 29.8 Å². The number of hydrogen-bond donors (Lipinski definition) is 1. The maximum absolute atomic E-state index is 12.5. The van der Waals surface area contributed by atoms with Crippen LogP contribution in [0.5, 0.6) is 5.75 Å². The van der Waals surface area contributed by atoms with E-state index in [1.807, 2.05) is 18.2 Å². The summed E-state index contributed by atoms with van der Waals surface area (Å²) in [6, 6.07) is 6.66. The molecule has 7 nitrogen and oxygen atoms in total. The molecule has 0 bridgehead atoms. The zero-order valence-electron chi connectivity index (χ0n) is 12.7. The molecule has 1 fully saturated rings. The number of hydrogen-bond acceptors (Lipinski definition) is 5. The third-order valence-corrected chi connectivity index (χ3v) is 3.60. The van der Waals surface area contributed by atoms with E-state index in [2.05, 4.69) is 10.1 Å². The van der Waals surface area contributed by atoms with E-state index in [0.29, 0.717) is 5.75 Å². The van der Waals surface area contributed by atoms with Crippen LogP contribution in [0, 0.1) is 0 Å². The topological polar surface area (TPSA) is 84.9 Å². The number of imide groups is 1. The van der Waals surface area contributed by atoms with Gasteiger partial charge in [0.2, 0.25) is 0 Å². The quantitative estimate of drug-likeness (QED) is 0.640. The van der Waals surface area contributed by atoms with Gasteiger partial charge in [0, 0.05) is 6.42 Å². The van der Waals surface area contributed by atoms with E-state index in [1.165, 1.54) is 7.11 Å². The maximum atomic E-state index is 12.5. The van der Waals surface area contributed by atoms with Gasteiger partial charge in [-0.05, 0) is 18.6 Å². The monoisotopic (exact) mass is 306 g/mol. The number of para-hydroxylation sites is 1. The Hall–Kier alpha value is -2.57. The summed E-state index contributed by atoms with van der Waals surface area (Å²) in [6.45, 7) is 1.22. The molecule has 1 N–H and O–H groups in total. The normalized spacial score (nSPS) is 20.8. The molecule has 118 valence electrons. The molecule has 1 aliphatic rings. The van der Waals surface area contributed by atoms with Crippen molar-refractivity contribution >= 4 is 17.9 Å². The van der Waals surface area contributed by atoms with Gasteiger partial charge in [0.25, 0.3) is 5.91 Å². The summed E-state index contributed by atoms with van der Waals surface area (Å²) in [5.41, 5.74) is -0.333. The minimum absolute atomic E-state index is 0.263. The smallest absolute Gasteiger partial charge is 0.325 e. The lowest BCUT2D eigenvalue weighted by molar-refractivity contribution is -0.145. The van der Waals surface area contributed by atoms with Gasteiger partial charge in [-0.3, -0.25) is 14.5 Å². The molecule has 0 spiro atoms. The molecule has 7 heteroatoms. The molecule has 0 saturated carbocycles. The fourth-order valence-corrected chi connectivity index (χ4v) is 2.43. The highest BCUT2D eigenvalue weighted by Crippen LogP contribution is 2.27. The zero-order chi connectivity index (χ0) is 16.3. The number of benzene rings is 1. The summed E-state index contributed by atoms with van der Waals surface area (Å²) < 4.78 is 9.76. The van der Waals surface area contributed by atoms with Gasteiger partial charge in [0.1, 0.15) is 17.8 Å². The van der Waals surface area contributed by atoms with E-state index in [-0.39, 0.29) is 6.42 Å². The van der Waals surface area contributed by atoms with E-state index < -0.39 is 30.0 Å². The second-order valence-electron chi connectivity index (χ2n) is 5.22. The molecule has 1 aromatic carbocycles. The Morgan fingerprint density at radius 2 is 1.95 bits per heavy atom. The highest BCUT2D eigenvalue weighted by atomic mass is 16.5. The molecule has 0 aromatic heterocycles. The lowest BCUT2D eigenvalue weighted by Crippen LogP contribution is -2.46. The lowest BCUT2D eigenvalue weighted by atomic mass is 9.92. The van der Waals surface area contributed by atoms with Crippen molar-refractivity contribution in [2.75, 3.05) is 20.8 Å². The molecule has 2 rings (SSSR count). The van der Waals surface area contributed by atoms with E-state index in [4.69, 9.17) is 4.74 Å². The van der Waals surface area contributed by atoms with Crippen molar-refractivity contribution in [2.45, 2.75) is 18.9 Å². The van der Waals surface area contributed by atoms with Crippen molar-refractivity contribution < 1.29 is 23.9 Å². The Labute approximate surface area is 128 Å². The van der Waals surface area contributed by atoms with Gasteiger partial charge < -0.3 is 14.8 Å². The number of esters is 1. The highest BCUT2D eigenvalue weighted by Gasteiger charge is 2.48. The SMILES string of the molecule is COC(=O)CN1C(=O)N[C@](C)(Cc2ccccc2OC)C1=O. The third-order valence-electron chi connectivity index (χ3n) is 3.60. The Kier molecular flexibility index (Phi) is 4.35. The molecule has 3 amide bonds. The zero-order valence-corrected chi connectivity index (χ0v) is 12.7. The fraction of sp³-hybridized carbons (Fsp3) is 0.400. The molecule has 0 radical (unpaired) electrons. The number of carbonyl (C=O) groups excluding carboxylic acids is 3. The molecule has 1 aromatic rings. The molecule has 0 unspecified atom stereocenters. The predicted octanol–water partition coefficient (Wildman–Crippen LogP) is 0.721. The number of urea groups is 1. The lowest BCUT2D eigenvalue weighted by Gasteiger charge is -2.22. The van der Waals surface area contributed by atoms with Gasteiger partial charge >= 0.3 is 12.0 Å². The first kappa shape index (κ1) is 15.8. The Balaban J connectivity index is 2.22. The average Bonchev–Trinajstić information content (AvgIpc) is 2.71. The number of rotatable bonds is 5. The molecule has 1 atom stereocenters. The molecule has 22 heavy (non-hydrogen) atoms. The van der Waals surface area contributed by atoms with Gasteiger partial charge in [0.15, 0.2) is 0 Å². The second kappa shape index (κ2) is 6.05. The van der Waals surface area contributed by atoms with Crippen LogP contribution in [-0.2, 0) is 20.7 Å². The molecule has 0 aliphatic carbocycles. The Morgan fingerprint density at radius 3 is 2.59 bits per heavy atom. The Bertz CT molecular complexity index is 616. The molecular formula is C15H18N2O5. The van der Waals surface area contributed by atoms with Crippen LogP contribution in [0.25, 0.3) is 0 Å². The molecule has 1 saturated heterocycles. The van der Waals surface area contributed by atoms with Crippen LogP contribution in [0.15, 0.2) is 24.3 Å². The van der Waals surface area contributed by atoms with Crippen molar-refractivity contribution in [3.63, 3.8) is 0 Å². The summed E-state index contributed by atoms with van der Waals surface area (Å²) in [7, 11) is 2.74. The van der Waals surface area contributed by atoms with Crippen LogP contribution >= 0.6 is 0 Å². The average molecular weight is 306 g/mol. The van der Waals surface area contributed by atoms with Crippen LogP contribution in [0.1, 0.15) is 12.5 Å². The van der Waals surface area contributed by atoms with E-state index in [1.54, 1.807) is 20.1 Å². The first-order valence-electron chi connectivity index (χ1n) is 6.74. The molecule has 1 heterocycles. The minimum atomic E-state index is -1.13. The second-order valence-corrected chi connectivity index (χ2v) is 5.22. The maximum Gasteiger partial charge on any atom is 0.325 e. The Morgan fingerprint density at radius 1 is 1.27 bits per heavy atom. The molecular weight excluding hydrogens is 288 g/mol. The van der Waals surface area contributed by atoms with E-state index in [0.717, 1.165) is 10.5 Å². The third kappa shape index (κ3) is 2.88. The van der Waals surface area contributed by atoms with Gasteiger partial charge in [-0.1, -0.05) is 18.2 Å². The van der Waals surface area contributed by atoms with E-state index in [9.17, 15) is 14.4 Å². The fourth-order valence-electron chi connectivity index (χ4n) is 2.43. The summed E-state index contributed by atoms with van der Waals surface area (Å²) in [4.78, 5) is 36.6. The van der Waals surface area contributed by atoms with Crippen LogP contribution in [0.4, 0.5) is 4.79 Å². The van der Waals surface area contributed by atoms with Crippen LogP contribution < -0.4 is 10.1 Å². The number of carbonyl (C=O) groups is 3. The first-order chi connectivity index (χ1) is 10.4. The van der Waals surface area contributed by atoms with Crippen LogP contribution in [0.2, 0.25) is 0 Å². The number of ether oxygens (including phenoxy) is 2. The summed E-state index contributed by atoms with van der Waals surface area (Å²) in [6.07, 6.45) is 0.263. The summed E-state index contributed by atoms with van der Waals surface area (Å²) in [5.74, 6) is -0.476. The van der Waals surface area contributed by atoms with Crippen LogP contribution in [-0.4, -0.2) is 49.1 Å². The number of nitrogens with zero attached hydrogens (tertiary/aromatic N) is 1. The first-order valence-corrected chi connectivity index (χ1v) is 6.74. The highest BCUT2D eigenvalue weighted by molar-refractivity contribution is 6.08.